The number of hydrogen-bond donors (Lipinski definition) is 1. The van der Waals surface area contributed by atoms with Gasteiger partial charge in [0, 0.05) is 6.54 Å². The first kappa shape index (κ1) is 16.0. The Kier molecular flexibility index (Phi) is 6.03. The second-order valence-electron chi connectivity index (χ2n) is 4.73. The lowest BCUT2D eigenvalue weighted by Gasteiger charge is -2.24. The second kappa shape index (κ2) is 7.53. The summed E-state index contributed by atoms with van der Waals surface area (Å²) in [5, 5.41) is 8.83. The van der Waals surface area contributed by atoms with E-state index in [1.165, 1.54) is 4.90 Å². The molecule has 1 amide bonds. The van der Waals surface area contributed by atoms with Crippen LogP contribution in [0.2, 0.25) is 0 Å². The Bertz CT molecular complexity index is 455. The fraction of sp³-hybridized carbons (Fsp3) is 0.467. The minimum absolute atomic E-state index is 0.297. The molecule has 5 nitrogen and oxygen atoms in total. The first-order valence-electron chi connectivity index (χ1n) is 6.68. The van der Waals surface area contributed by atoms with Crippen molar-refractivity contribution in [3.05, 3.63) is 29.8 Å². The molecule has 0 aliphatic heterocycles. The van der Waals surface area contributed by atoms with Crippen LogP contribution in [0.4, 0.5) is 0 Å². The van der Waals surface area contributed by atoms with Crippen molar-refractivity contribution in [2.24, 2.45) is 0 Å². The Morgan fingerprint density at radius 1 is 1.30 bits per heavy atom. The number of ether oxygens (including phenoxy) is 1. The van der Waals surface area contributed by atoms with Gasteiger partial charge < -0.3 is 14.7 Å². The molecule has 0 aromatic heterocycles. The van der Waals surface area contributed by atoms with Crippen molar-refractivity contribution in [2.45, 2.75) is 33.3 Å². The SMILES string of the molecule is CCCN(CC(=O)O)C(=O)C(C)Oc1ccc(C)cc1. The molecule has 1 unspecified atom stereocenters. The van der Waals surface area contributed by atoms with Gasteiger partial charge in [-0.2, -0.15) is 0 Å². The number of rotatable bonds is 7. The maximum absolute atomic E-state index is 12.2. The summed E-state index contributed by atoms with van der Waals surface area (Å²) in [6.45, 7) is 5.61. The highest BCUT2D eigenvalue weighted by molar-refractivity contribution is 5.84. The van der Waals surface area contributed by atoms with Crippen LogP contribution in [0, 0.1) is 6.92 Å². The minimum atomic E-state index is -1.02. The summed E-state index contributed by atoms with van der Waals surface area (Å²) in [6.07, 6.45) is -0.000360. The van der Waals surface area contributed by atoms with E-state index in [1.54, 1.807) is 19.1 Å². The average Bonchev–Trinajstić information content (AvgIpc) is 2.39. The monoisotopic (exact) mass is 279 g/mol. The Hall–Kier alpha value is -2.04. The zero-order valence-corrected chi connectivity index (χ0v) is 12.1. The molecule has 1 N–H and O–H groups in total. The van der Waals surface area contributed by atoms with Gasteiger partial charge in [0.05, 0.1) is 0 Å². The summed E-state index contributed by atoms with van der Waals surface area (Å²) in [5.41, 5.74) is 1.11. The second-order valence-corrected chi connectivity index (χ2v) is 4.73. The van der Waals surface area contributed by atoms with Gasteiger partial charge in [0.1, 0.15) is 12.3 Å². The van der Waals surface area contributed by atoms with Crippen LogP contribution in [0.1, 0.15) is 25.8 Å². The van der Waals surface area contributed by atoms with Crippen LogP contribution in [-0.2, 0) is 9.59 Å². The molecular formula is C15H21NO4. The van der Waals surface area contributed by atoms with Crippen LogP contribution in [0.15, 0.2) is 24.3 Å². The fourth-order valence-corrected chi connectivity index (χ4v) is 1.83. The largest absolute Gasteiger partial charge is 0.481 e. The molecule has 0 heterocycles. The van der Waals surface area contributed by atoms with E-state index in [0.29, 0.717) is 18.7 Å². The number of benzene rings is 1. The molecule has 0 radical (unpaired) electrons. The van der Waals surface area contributed by atoms with Crippen LogP contribution in [-0.4, -0.2) is 41.1 Å². The minimum Gasteiger partial charge on any atom is -0.481 e. The van der Waals surface area contributed by atoms with E-state index in [0.717, 1.165) is 5.56 Å². The Morgan fingerprint density at radius 2 is 1.90 bits per heavy atom. The third-order valence-electron chi connectivity index (χ3n) is 2.81. The summed E-state index contributed by atoms with van der Waals surface area (Å²) in [5.74, 6) is -0.729. The van der Waals surface area contributed by atoms with E-state index in [-0.39, 0.29) is 12.5 Å². The molecule has 0 spiro atoms. The smallest absolute Gasteiger partial charge is 0.323 e. The number of aliphatic carboxylic acids is 1. The van der Waals surface area contributed by atoms with Crippen molar-refractivity contribution >= 4 is 11.9 Å². The van der Waals surface area contributed by atoms with Crippen molar-refractivity contribution in [3.63, 3.8) is 0 Å². The number of carboxylic acids is 1. The Balaban J connectivity index is 2.67. The molecule has 0 saturated heterocycles. The molecule has 5 heteroatoms. The van der Waals surface area contributed by atoms with E-state index in [9.17, 15) is 9.59 Å². The van der Waals surface area contributed by atoms with Crippen LogP contribution < -0.4 is 4.74 Å². The number of amides is 1. The van der Waals surface area contributed by atoms with Crippen LogP contribution >= 0.6 is 0 Å². The van der Waals surface area contributed by atoms with E-state index >= 15 is 0 Å². The third kappa shape index (κ3) is 4.91. The van der Waals surface area contributed by atoms with Gasteiger partial charge in [-0.05, 0) is 32.4 Å². The predicted molar refractivity (Wildman–Crippen MR) is 75.8 cm³/mol. The highest BCUT2D eigenvalue weighted by Gasteiger charge is 2.23. The summed E-state index contributed by atoms with van der Waals surface area (Å²) in [6, 6.07) is 7.38. The van der Waals surface area contributed by atoms with Crippen LogP contribution in [0.5, 0.6) is 5.75 Å². The first-order chi connectivity index (χ1) is 9.43. The number of carboxylic acid groups (broad SMARTS) is 1. The lowest BCUT2D eigenvalue weighted by Crippen LogP contribution is -2.43. The number of aryl methyl sites for hydroxylation is 1. The van der Waals surface area contributed by atoms with Gasteiger partial charge >= 0.3 is 5.97 Å². The van der Waals surface area contributed by atoms with Gasteiger partial charge in [-0.25, -0.2) is 0 Å². The van der Waals surface area contributed by atoms with Gasteiger partial charge in [0.15, 0.2) is 6.10 Å². The molecule has 0 bridgehead atoms. The van der Waals surface area contributed by atoms with Crippen LogP contribution in [0.3, 0.4) is 0 Å². The normalized spacial score (nSPS) is 11.8. The maximum Gasteiger partial charge on any atom is 0.323 e. The van der Waals surface area contributed by atoms with E-state index in [2.05, 4.69) is 0 Å². The van der Waals surface area contributed by atoms with Gasteiger partial charge in [-0.15, -0.1) is 0 Å². The topological polar surface area (TPSA) is 66.8 Å². The molecule has 0 saturated carbocycles. The molecule has 0 fully saturated rings. The quantitative estimate of drug-likeness (QED) is 0.830. The van der Waals surface area contributed by atoms with Crippen molar-refractivity contribution < 1.29 is 19.4 Å². The number of carbonyl (C=O) groups excluding carboxylic acids is 1. The molecule has 1 aromatic rings. The molecule has 0 aliphatic carbocycles. The fourth-order valence-electron chi connectivity index (χ4n) is 1.83. The highest BCUT2D eigenvalue weighted by Crippen LogP contribution is 2.14. The van der Waals surface area contributed by atoms with Crippen molar-refractivity contribution in [1.29, 1.82) is 0 Å². The zero-order chi connectivity index (χ0) is 15.1. The first-order valence-corrected chi connectivity index (χ1v) is 6.68. The summed E-state index contributed by atoms with van der Waals surface area (Å²) in [4.78, 5) is 24.3. The van der Waals surface area contributed by atoms with Crippen molar-refractivity contribution in [3.8, 4) is 5.75 Å². The lowest BCUT2D eigenvalue weighted by molar-refractivity contribution is -0.147. The maximum atomic E-state index is 12.2. The predicted octanol–water partition coefficient (Wildman–Crippen LogP) is 2.09. The molecule has 20 heavy (non-hydrogen) atoms. The van der Waals surface area contributed by atoms with E-state index in [4.69, 9.17) is 9.84 Å². The summed E-state index contributed by atoms with van der Waals surface area (Å²) >= 11 is 0. The average molecular weight is 279 g/mol. The number of carbonyl (C=O) groups is 2. The van der Waals surface area contributed by atoms with Gasteiger partial charge in [-0.1, -0.05) is 24.6 Å². The molecule has 110 valence electrons. The van der Waals surface area contributed by atoms with Gasteiger partial charge in [-0.3, -0.25) is 9.59 Å². The van der Waals surface area contributed by atoms with Gasteiger partial charge in [0.25, 0.3) is 5.91 Å². The molecule has 0 aliphatic rings. The lowest BCUT2D eigenvalue weighted by atomic mass is 10.2. The van der Waals surface area contributed by atoms with Crippen LogP contribution in [0.25, 0.3) is 0 Å². The molecule has 1 rings (SSSR count). The highest BCUT2D eigenvalue weighted by atomic mass is 16.5. The Morgan fingerprint density at radius 3 is 2.40 bits per heavy atom. The molecule has 1 aromatic carbocycles. The van der Waals surface area contributed by atoms with Crippen molar-refractivity contribution in [2.75, 3.05) is 13.1 Å². The summed E-state index contributed by atoms with van der Waals surface area (Å²) < 4.78 is 5.56. The molecular weight excluding hydrogens is 258 g/mol. The Labute approximate surface area is 119 Å². The van der Waals surface area contributed by atoms with E-state index in [1.807, 2.05) is 26.0 Å². The van der Waals surface area contributed by atoms with E-state index < -0.39 is 12.1 Å². The summed E-state index contributed by atoms with van der Waals surface area (Å²) in [7, 11) is 0. The van der Waals surface area contributed by atoms with Gasteiger partial charge in [0.2, 0.25) is 0 Å². The number of hydrogen-bond acceptors (Lipinski definition) is 3. The number of nitrogens with zero attached hydrogens (tertiary/aromatic N) is 1. The molecule has 1 atom stereocenters. The standard InChI is InChI=1S/C15H21NO4/c1-4-9-16(10-14(17)18)15(19)12(3)20-13-7-5-11(2)6-8-13/h5-8,12H,4,9-10H2,1-3H3,(H,17,18). The zero-order valence-electron chi connectivity index (χ0n) is 12.1. The van der Waals surface area contributed by atoms with Crippen molar-refractivity contribution in [1.82, 2.24) is 4.90 Å². The third-order valence-corrected chi connectivity index (χ3v) is 2.81.